The Hall–Kier alpha value is -2.33. The molecule has 1 saturated carbocycles. The van der Waals surface area contributed by atoms with Gasteiger partial charge in [0.25, 0.3) is 0 Å². The molecule has 1 atom stereocenters. The smallest absolute Gasteiger partial charge is 0.233 e. The summed E-state index contributed by atoms with van der Waals surface area (Å²) in [6.07, 6.45) is 4.63. The molecule has 1 amide bonds. The molecule has 1 N–H and O–H groups in total. The largest absolute Gasteiger partial charge is 0.360 e. The Labute approximate surface area is 179 Å². The molecule has 0 unspecified atom stereocenters. The van der Waals surface area contributed by atoms with Crippen molar-refractivity contribution in [1.29, 1.82) is 0 Å². The second kappa shape index (κ2) is 7.42. The lowest BCUT2D eigenvalue weighted by Crippen LogP contribution is -2.38. The van der Waals surface area contributed by atoms with Gasteiger partial charge in [-0.2, -0.15) is 0 Å². The van der Waals surface area contributed by atoms with Crippen molar-refractivity contribution in [1.82, 2.24) is 24.6 Å². The van der Waals surface area contributed by atoms with Crippen LogP contribution >= 0.6 is 11.8 Å². The Morgan fingerprint density at radius 3 is 2.80 bits per heavy atom. The summed E-state index contributed by atoms with van der Waals surface area (Å²) >= 11 is 1.37. The van der Waals surface area contributed by atoms with Crippen molar-refractivity contribution in [3.63, 3.8) is 0 Å². The van der Waals surface area contributed by atoms with Gasteiger partial charge in [-0.1, -0.05) is 30.0 Å². The summed E-state index contributed by atoms with van der Waals surface area (Å²) in [5.41, 5.74) is 2.06. The van der Waals surface area contributed by atoms with Crippen LogP contribution in [0.4, 0.5) is 0 Å². The molecule has 5 rings (SSSR count). The summed E-state index contributed by atoms with van der Waals surface area (Å²) in [4.78, 5) is 17.5. The Bertz CT molecular complexity index is 1210. The molecule has 0 radical (unpaired) electrons. The average molecular weight is 446 g/mol. The predicted octanol–water partition coefficient (Wildman–Crippen LogP) is 2.50. The first-order valence-corrected chi connectivity index (χ1v) is 12.8. The van der Waals surface area contributed by atoms with E-state index in [1.165, 1.54) is 11.8 Å². The molecule has 3 heterocycles. The first-order chi connectivity index (χ1) is 14.4. The summed E-state index contributed by atoms with van der Waals surface area (Å²) in [6, 6.07) is 8.22. The average Bonchev–Trinajstić information content (AvgIpc) is 3.18. The fourth-order valence-electron chi connectivity index (χ4n) is 3.99. The topological polar surface area (TPSA) is 101 Å². The Morgan fingerprint density at radius 2 is 2.07 bits per heavy atom. The molecule has 3 aromatic rings. The maximum absolute atomic E-state index is 12.7. The standard InChI is InChI=1S/C20H23N5O3S2/c1-24(14-8-9-30(27,28)12-14)18(26)11-29-20-23-22-19(25(20)13-6-7-13)16-10-21-17-5-3-2-4-15(16)17/h2-5,10,13-14,21H,6-9,11-12H2,1H3/t14-/m1/s1. The van der Waals surface area contributed by atoms with E-state index < -0.39 is 9.84 Å². The summed E-state index contributed by atoms with van der Waals surface area (Å²) in [6.45, 7) is 0. The summed E-state index contributed by atoms with van der Waals surface area (Å²) < 4.78 is 25.6. The first kappa shape index (κ1) is 19.6. The Kier molecular flexibility index (Phi) is 4.85. The number of nitrogens with zero attached hydrogens (tertiary/aromatic N) is 4. The molecule has 10 heteroatoms. The number of carbonyl (C=O) groups excluding carboxylic acids is 1. The molecule has 1 saturated heterocycles. The highest BCUT2D eigenvalue weighted by molar-refractivity contribution is 7.99. The molecule has 8 nitrogen and oxygen atoms in total. The van der Waals surface area contributed by atoms with Crippen molar-refractivity contribution >= 4 is 38.4 Å². The molecule has 0 bridgehead atoms. The van der Waals surface area contributed by atoms with E-state index in [-0.39, 0.29) is 29.2 Å². The molecule has 1 aliphatic carbocycles. The molecular weight excluding hydrogens is 422 g/mol. The van der Waals surface area contributed by atoms with Crippen LogP contribution in [-0.2, 0) is 14.6 Å². The van der Waals surface area contributed by atoms with Gasteiger partial charge >= 0.3 is 0 Å². The quantitative estimate of drug-likeness (QED) is 0.585. The number of H-pyrrole nitrogens is 1. The minimum absolute atomic E-state index is 0.0584. The monoisotopic (exact) mass is 445 g/mol. The highest BCUT2D eigenvalue weighted by Crippen LogP contribution is 2.42. The number of hydrogen-bond acceptors (Lipinski definition) is 6. The van der Waals surface area contributed by atoms with E-state index >= 15 is 0 Å². The summed E-state index contributed by atoms with van der Waals surface area (Å²) in [5, 5.41) is 10.7. The lowest BCUT2D eigenvalue weighted by Gasteiger charge is -2.23. The van der Waals surface area contributed by atoms with Crippen molar-refractivity contribution in [2.45, 2.75) is 36.5 Å². The minimum Gasteiger partial charge on any atom is -0.360 e. The molecule has 158 valence electrons. The molecule has 2 aromatic heterocycles. The Morgan fingerprint density at radius 1 is 1.27 bits per heavy atom. The second-order valence-electron chi connectivity index (χ2n) is 8.01. The molecule has 2 fully saturated rings. The summed E-state index contributed by atoms with van der Waals surface area (Å²) in [5.74, 6) is 1.17. The highest BCUT2D eigenvalue weighted by atomic mass is 32.2. The molecule has 30 heavy (non-hydrogen) atoms. The van der Waals surface area contributed by atoms with Crippen LogP contribution < -0.4 is 0 Å². The maximum atomic E-state index is 12.7. The van der Waals surface area contributed by atoms with E-state index in [4.69, 9.17) is 0 Å². The zero-order valence-electron chi connectivity index (χ0n) is 16.6. The minimum atomic E-state index is -3.02. The molecule has 1 aromatic carbocycles. The zero-order chi connectivity index (χ0) is 20.9. The van der Waals surface area contributed by atoms with Crippen LogP contribution in [0.5, 0.6) is 0 Å². The van der Waals surface area contributed by atoms with E-state index in [9.17, 15) is 13.2 Å². The van der Waals surface area contributed by atoms with Gasteiger partial charge in [0, 0.05) is 41.8 Å². The van der Waals surface area contributed by atoms with Gasteiger partial charge in [-0.25, -0.2) is 8.42 Å². The second-order valence-corrected chi connectivity index (χ2v) is 11.2. The van der Waals surface area contributed by atoms with Crippen molar-refractivity contribution in [2.75, 3.05) is 24.3 Å². The fourth-order valence-corrected chi connectivity index (χ4v) is 6.69. The van der Waals surface area contributed by atoms with Crippen LogP contribution in [0.2, 0.25) is 0 Å². The van der Waals surface area contributed by atoms with Gasteiger partial charge in [0.05, 0.1) is 17.3 Å². The lowest BCUT2D eigenvalue weighted by molar-refractivity contribution is -0.128. The van der Waals surface area contributed by atoms with Crippen molar-refractivity contribution in [3.8, 4) is 11.4 Å². The molecule has 2 aliphatic rings. The van der Waals surface area contributed by atoms with Gasteiger partial charge in [-0.05, 0) is 25.3 Å². The number of amides is 1. The number of nitrogens with one attached hydrogen (secondary N) is 1. The SMILES string of the molecule is CN(C(=O)CSc1nnc(-c2c[nH]c3ccccc23)n1C1CC1)[C@@H]1CCS(=O)(=O)C1. The highest BCUT2D eigenvalue weighted by Gasteiger charge is 2.34. The number of aromatic nitrogens is 4. The predicted molar refractivity (Wildman–Crippen MR) is 116 cm³/mol. The molecule has 0 spiro atoms. The van der Waals surface area contributed by atoms with Crippen LogP contribution in [0.25, 0.3) is 22.3 Å². The van der Waals surface area contributed by atoms with Crippen LogP contribution in [-0.4, -0.2) is 69.3 Å². The number of aromatic amines is 1. The number of hydrogen-bond donors (Lipinski definition) is 1. The van der Waals surface area contributed by atoms with Crippen LogP contribution in [0.3, 0.4) is 0 Å². The van der Waals surface area contributed by atoms with E-state index in [0.29, 0.717) is 12.5 Å². The van der Waals surface area contributed by atoms with E-state index in [1.54, 1.807) is 11.9 Å². The Balaban J connectivity index is 1.35. The number of fused-ring (bicyclic) bond motifs is 1. The third-order valence-corrected chi connectivity index (χ3v) is 8.56. The van der Waals surface area contributed by atoms with Crippen molar-refractivity contribution < 1.29 is 13.2 Å². The van der Waals surface area contributed by atoms with Gasteiger partial charge in [-0.3, -0.25) is 9.36 Å². The van der Waals surface area contributed by atoms with Gasteiger partial charge < -0.3 is 9.88 Å². The van der Waals surface area contributed by atoms with E-state index in [2.05, 4.69) is 25.8 Å². The number of para-hydroxylation sites is 1. The van der Waals surface area contributed by atoms with Crippen LogP contribution in [0, 0.1) is 0 Å². The third-order valence-electron chi connectivity index (χ3n) is 5.88. The van der Waals surface area contributed by atoms with Gasteiger partial charge in [0.2, 0.25) is 5.91 Å². The number of thioether (sulfide) groups is 1. The maximum Gasteiger partial charge on any atom is 0.233 e. The van der Waals surface area contributed by atoms with Crippen LogP contribution in [0.1, 0.15) is 25.3 Å². The third kappa shape index (κ3) is 3.62. The van der Waals surface area contributed by atoms with Crippen molar-refractivity contribution in [3.05, 3.63) is 30.5 Å². The normalized spacial score (nSPS) is 20.6. The van der Waals surface area contributed by atoms with Gasteiger partial charge in [0.15, 0.2) is 20.8 Å². The lowest BCUT2D eigenvalue weighted by atomic mass is 10.1. The van der Waals surface area contributed by atoms with E-state index in [0.717, 1.165) is 40.3 Å². The molecular formula is C20H23N5O3S2. The van der Waals surface area contributed by atoms with E-state index in [1.807, 2.05) is 24.4 Å². The van der Waals surface area contributed by atoms with Gasteiger partial charge in [-0.15, -0.1) is 10.2 Å². The zero-order valence-corrected chi connectivity index (χ0v) is 18.2. The van der Waals surface area contributed by atoms with Crippen LogP contribution in [0.15, 0.2) is 35.6 Å². The first-order valence-electron chi connectivity index (χ1n) is 10.0. The number of rotatable bonds is 6. The fraction of sp³-hybridized carbons (Fsp3) is 0.450. The number of sulfone groups is 1. The van der Waals surface area contributed by atoms with Gasteiger partial charge in [0.1, 0.15) is 0 Å². The number of carbonyl (C=O) groups is 1. The summed E-state index contributed by atoms with van der Waals surface area (Å²) in [7, 11) is -1.33. The number of benzene rings is 1. The molecule has 1 aliphatic heterocycles. The van der Waals surface area contributed by atoms with Crippen molar-refractivity contribution in [2.24, 2.45) is 0 Å².